The molecule has 6 nitrogen and oxygen atoms in total. The summed E-state index contributed by atoms with van der Waals surface area (Å²) >= 11 is 0. The van der Waals surface area contributed by atoms with Gasteiger partial charge in [0.15, 0.2) is 5.54 Å². The smallest absolute Gasteiger partial charge is 0.413 e. The predicted octanol–water partition coefficient (Wildman–Crippen LogP) is 2.02. The summed E-state index contributed by atoms with van der Waals surface area (Å²) < 4.78 is 10.3. The van der Waals surface area contributed by atoms with Crippen LogP contribution in [0.3, 0.4) is 0 Å². The Morgan fingerprint density at radius 3 is 2.68 bits per heavy atom. The van der Waals surface area contributed by atoms with E-state index in [1.54, 1.807) is 31.2 Å². The molecule has 1 heterocycles. The molecule has 22 heavy (non-hydrogen) atoms. The van der Waals surface area contributed by atoms with Crippen molar-refractivity contribution in [3.8, 4) is 5.75 Å². The van der Waals surface area contributed by atoms with E-state index in [0.29, 0.717) is 11.8 Å². The molecule has 2 rings (SSSR count). The van der Waals surface area contributed by atoms with E-state index in [4.69, 9.17) is 9.47 Å². The van der Waals surface area contributed by atoms with Crippen LogP contribution in [0.4, 0.5) is 4.79 Å². The van der Waals surface area contributed by atoms with Crippen LogP contribution < -0.4 is 10.1 Å². The zero-order valence-electron chi connectivity index (χ0n) is 12.8. The number of amides is 1. The number of esters is 1. The highest BCUT2D eigenvalue weighted by Crippen LogP contribution is 2.42. The quantitative estimate of drug-likeness (QED) is 0.665. The molecule has 0 radical (unpaired) electrons. The van der Waals surface area contributed by atoms with Crippen LogP contribution in [0.2, 0.25) is 0 Å². The number of fused-ring (bicyclic) bond motifs is 1. The minimum Gasteiger partial charge on any atom is -0.464 e. The van der Waals surface area contributed by atoms with Crippen molar-refractivity contribution in [3.05, 3.63) is 29.8 Å². The largest absolute Gasteiger partial charge is 0.464 e. The lowest BCUT2D eigenvalue weighted by atomic mass is 9.72. The van der Waals surface area contributed by atoms with E-state index in [1.807, 2.05) is 13.8 Å². The normalized spacial score (nSPS) is 21.4. The van der Waals surface area contributed by atoms with Gasteiger partial charge in [-0.25, -0.2) is 9.59 Å². The Morgan fingerprint density at radius 2 is 2.09 bits per heavy atom. The Hall–Kier alpha value is -2.37. The SMILES string of the molecule is CCOC(=O)[C@]1([C@@H](C=O)C(C)C)NC(=O)Oc2ccccc21. The number of rotatable bonds is 5. The third-order valence-corrected chi connectivity index (χ3v) is 3.78. The topological polar surface area (TPSA) is 81.7 Å². The lowest BCUT2D eigenvalue weighted by Crippen LogP contribution is -2.62. The molecule has 0 aliphatic carbocycles. The number of ether oxygens (including phenoxy) is 2. The fraction of sp³-hybridized carbons (Fsp3) is 0.438. The molecular weight excluding hydrogens is 286 g/mol. The number of para-hydroxylation sites is 1. The summed E-state index contributed by atoms with van der Waals surface area (Å²) in [4.78, 5) is 36.3. The average Bonchev–Trinajstić information content (AvgIpc) is 2.47. The molecular formula is C16H19NO5. The van der Waals surface area contributed by atoms with Crippen molar-refractivity contribution in [2.45, 2.75) is 26.3 Å². The van der Waals surface area contributed by atoms with Gasteiger partial charge in [0.05, 0.1) is 12.5 Å². The van der Waals surface area contributed by atoms with Crippen molar-refractivity contribution in [2.24, 2.45) is 11.8 Å². The summed E-state index contributed by atoms with van der Waals surface area (Å²) in [6.45, 7) is 5.43. The van der Waals surface area contributed by atoms with Crippen LogP contribution in [0.5, 0.6) is 5.75 Å². The highest BCUT2D eigenvalue weighted by atomic mass is 16.6. The molecule has 0 saturated heterocycles. The molecule has 6 heteroatoms. The lowest BCUT2D eigenvalue weighted by Gasteiger charge is -2.41. The summed E-state index contributed by atoms with van der Waals surface area (Å²) in [6, 6.07) is 6.66. The minimum absolute atomic E-state index is 0.142. The number of carbonyl (C=O) groups is 3. The molecule has 0 spiro atoms. The first-order valence-corrected chi connectivity index (χ1v) is 7.19. The van der Waals surface area contributed by atoms with Crippen molar-refractivity contribution < 1.29 is 23.9 Å². The Balaban J connectivity index is 2.70. The van der Waals surface area contributed by atoms with Gasteiger partial charge >= 0.3 is 12.1 Å². The number of nitrogens with one attached hydrogen (secondary N) is 1. The van der Waals surface area contributed by atoms with Crippen LogP contribution >= 0.6 is 0 Å². The first-order valence-electron chi connectivity index (χ1n) is 7.19. The molecule has 1 amide bonds. The third kappa shape index (κ3) is 2.45. The second-order valence-electron chi connectivity index (χ2n) is 5.45. The Morgan fingerprint density at radius 1 is 1.41 bits per heavy atom. The summed E-state index contributed by atoms with van der Waals surface area (Å²) in [6.07, 6.45) is -0.0940. The Kier molecular flexibility index (Phi) is 4.49. The number of benzene rings is 1. The van der Waals surface area contributed by atoms with E-state index in [1.165, 1.54) is 0 Å². The number of hydrogen-bond donors (Lipinski definition) is 1. The molecule has 0 unspecified atom stereocenters. The molecule has 1 aliphatic rings. The van der Waals surface area contributed by atoms with Gasteiger partial charge in [-0.3, -0.25) is 0 Å². The van der Waals surface area contributed by atoms with Gasteiger partial charge in [0.2, 0.25) is 0 Å². The fourth-order valence-corrected chi connectivity index (χ4v) is 2.80. The Labute approximate surface area is 128 Å². The second kappa shape index (κ2) is 6.17. The Bertz CT molecular complexity index is 598. The molecule has 1 N–H and O–H groups in total. The van der Waals surface area contributed by atoms with Crippen molar-refractivity contribution in [1.82, 2.24) is 5.32 Å². The molecule has 118 valence electrons. The van der Waals surface area contributed by atoms with Gasteiger partial charge in [-0.15, -0.1) is 0 Å². The summed E-state index contributed by atoms with van der Waals surface area (Å²) in [5, 5.41) is 2.54. The van der Waals surface area contributed by atoms with Gasteiger partial charge in [0.25, 0.3) is 0 Å². The van der Waals surface area contributed by atoms with E-state index in [-0.39, 0.29) is 18.3 Å². The monoisotopic (exact) mass is 305 g/mol. The maximum atomic E-state index is 12.7. The predicted molar refractivity (Wildman–Crippen MR) is 78.3 cm³/mol. The van der Waals surface area contributed by atoms with Crippen LogP contribution in [0.15, 0.2) is 24.3 Å². The fourth-order valence-electron chi connectivity index (χ4n) is 2.80. The summed E-state index contributed by atoms with van der Waals surface area (Å²) in [5.41, 5.74) is -1.14. The van der Waals surface area contributed by atoms with Gasteiger partial charge < -0.3 is 19.6 Å². The van der Waals surface area contributed by atoms with Crippen molar-refractivity contribution in [3.63, 3.8) is 0 Å². The highest BCUT2D eigenvalue weighted by Gasteiger charge is 2.55. The highest BCUT2D eigenvalue weighted by molar-refractivity contribution is 5.93. The molecule has 1 aromatic rings. The third-order valence-electron chi connectivity index (χ3n) is 3.78. The maximum Gasteiger partial charge on any atom is 0.413 e. The van der Waals surface area contributed by atoms with Crippen molar-refractivity contribution in [2.75, 3.05) is 6.61 Å². The van der Waals surface area contributed by atoms with Crippen LogP contribution in [0.1, 0.15) is 26.3 Å². The zero-order valence-corrected chi connectivity index (χ0v) is 12.8. The zero-order chi connectivity index (χ0) is 16.3. The van der Waals surface area contributed by atoms with E-state index in [2.05, 4.69) is 5.32 Å². The molecule has 0 saturated carbocycles. The number of hydrogen-bond acceptors (Lipinski definition) is 5. The van der Waals surface area contributed by atoms with Crippen molar-refractivity contribution in [1.29, 1.82) is 0 Å². The van der Waals surface area contributed by atoms with E-state index in [9.17, 15) is 14.4 Å². The molecule has 0 bridgehead atoms. The van der Waals surface area contributed by atoms with E-state index in [0.717, 1.165) is 0 Å². The standard InChI is InChI=1S/C16H19NO5/c1-4-21-14(19)16(12(9-18)10(2)3)11-7-5-6-8-13(11)22-15(20)17-16/h5-10,12H,4H2,1-3H3,(H,17,20)/t12-,16-/m0/s1. The molecule has 1 aliphatic heterocycles. The molecule has 0 fully saturated rings. The number of aldehydes is 1. The van der Waals surface area contributed by atoms with E-state index < -0.39 is 23.5 Å². The van der Waals surface area contributed by atoms with Crippen LogP contribution in [0, 0.1) is 11.8 Å². The van der Waals surface area contributed by atoms with Gasteiger partial charge in [-0.05, 0) is 18.9 Å². The lowest BCUT2D eigenvalue weighted by molar-refractivity contribution is -0.157. The second-order valence-corrected chi connectivity index (χ2v) is 5.45. The van der Waals surface area contributed by atoms with Crippen LogP contribution in [-0.4, -0.2) is 25.0 Å². The first kappa shape index (κ1) is 16.0. The first-order chi connectivity index (χ1) is 10.5. The van der Waals surface area contributed by atoms with E-state index >= 15 is 0 Å². The van der Waals surface area contributed by atoms with Gasteiger partial charge in [-0.1, -0.05) is 32.0 Å². The minimum atomic E-state index is -1.57. The van der Waals surface area contributed by atoms with Gasteiger partial charge in [0.1, 0.15) is 12.0 Å². The van der Waals surface area contributed by atoms with Crippen molar-refractivity contribution >= 4 is 18.3 Å². The summed E-state index contributed by atoms with van der Waals surface area (Å²) in [7, 11) is 0. The maximum absolute atomic E-state index is 12.7. The van der Waals surface area contributed by atoms with Crippen LogP contribution in [-0.2, 0) is 19.9 Å². The van der Waals surface area contributed by atoms with Gasteiger partial charge in [-0.2, -0.15) is 0 Å². The average molecular weight is 305 g/mol. The summed E-state index contributed by atoms with van der Waals surface area (Å²) in [5.74, 6) is -1.37. The van der Waals surface area contributed by atoms with Crippen LogP contribution in [0.25, 0.3) is 0 Å². The van der Waals surface area contributed by atoms with Gasteiger partial charge in [0, 0.05) is 5.56 Å². The molecule has 2 atom stereocenters. The molecule has 0 aromatic heterocycles. The molecule has 1 aromatic carbocycles. The number of carbonyl (C=O) groups excluding carboxylic acids is 3.